The summed E-state index contributed by atoms with van der Waals surface area (Å²) in [6.07, 6.45) is 69.0. The maximum absolute atomic E-state index is 12.8. The molecule has 0 bridgehead atoms. The van der Waals surface area contributed by atoms with Crippen LogP contribution >= 0.6 is 0 Å². The monoisotopic (exact) mass is 921 g/mol. The van der Waals surface area contributed by atoms with Crippen molar-refractivity contribution in [2.45, 2.75) is 277 Å². The number of allylic oxidation sites excluding steroid dienone is 12. The van der Waals surface area contributed by atoms with E-state index in [-0.39, 0.29) is 31.1 Å². The van der Waals surface area contributed by atoms with Gasteiger partial charge in [-0.3, -0.25) is 14.4 Å². The zero-order valence-electron chi connectivity index (χ0n) is 43.4. The Morgan fingerprint density at radius 1 is 0.318 bits per heavy atom. The van der Waals surface area contributed by atoms with Gasteiger partial charge in [0.05, 0.1) is 0 Å². The lowest BCUT2D eigenvalue weighted by molar-refractivity contribution is -0.167. The molecule has 0 spiro atoms. The van der Waals surface area contributed by atoms with Crippen LogP contribution in [-0.2, 0) is 28.6 Å². The van der Waals surface area contributed by atoms with Crippen LogP contribution in [0, 0.1) is 0 Å². The number of rotatable bonds is 50. The first kappa shape index (κ1) is 62.8. The normalized spacial score (nSPS) is 12.6. The second-order valence-electron chi connectivity index (χ2n) is 18.5. The molecule has 6 heteroatoms. The molecular formula is C60H104O6. The lowest BCUT2D eigenvalue weighted by atomic mass is 10.0. The maximum atomic E-state index is 12.8. The average Bonchev–Trinajstić information content (AvgIpc) is 3.31. The molecule has 0 aliphatic heterocycles. The van der Waals surface area contributed by atoms with Gasteiger partial charge in [-0.15, -0.1) is 0 Å². The summed E-state index contributed by atoms with van der Waals surface area (Å²) in [7, 11) is 0. The second kappa shape index (κ2) is 54.5. The van der Waals surface area contributed by atoms with Gasteiger partial charge < -0.3 is 14.2 Å². The number of hydrogen-bond donors (Lipinski definition) is 0. The van der Waals surface area contributed by atoms with Gasteiger partial charge >= 0.3 is 17.9 Å². The molecule has 66 heavy (non-hydrogen) atoms. The molecule has 0 amide bonds. The van der Waals surface area contributed by atoms with Crippen LogP contribution in [0.2, 0.25) is 0 Å². The predicted molar refractivity (Wildman–Crippen MR) is 284 cm³/mol. The fourth-order valence-corrected chi connectivity index (χ4v) is 7.72. The third kappa shape index (κ3) is 51.8. The van der Waals surface area contributed by atoms with E-state index in [1.165, 1.54) is 135 Å². The van der Waals surface area contributed by atoms with Crippen LogP contribution in [0.25, 0.3) is 0 Å². The Morgan fingerprint density at radius 3 is 0.985 bits per heavy atom. The van der Waals surface area contributed by atoms with Gasteiger partial charge in [-0.1, -0.05) is 216 Å². The van der Waals surface area contributed by atoms with E-state index in [1.807, 2.05) is 0 Å². The molecule has 0 rings (SSSR count). The highest BCUT2D eigenvalue weighted by atomic mass is 16.6. The minimum atomic E-state index is -0.794. The van der Waals surface area contributed by atoms with Crippen molar-refractivity contribution in [2.24, 2.45) is 0 Å². The van der Waals surface area contributed by atoms with Crippen molar-refractivity contribution in [3.63, 3.8) is 0 Å². The number of esters is 3. The van der Waals surface area contributed by atoms with Crippen molar-refractivity contribution in [3.05, 3.63) is 72.9 Å². The lowest BCUT2D eigenvalue weighted by Crippen LogP contribution is -2.30. The molecule has 0 aliphatic carbocycles. The van der Waals surface area contributed by atoms with Crippen LogP contribution < -0.4 is 0 Å². The first-order valence-corrected chi connectivity index (χ1v) is 27.9. The van der Waals surface area contributed by atoms with Crippen LogP contribution in [0.15, 0.2) is 72.9 Å². The summed E-state index contributed by atoms with van der Waals surface area (Å²) >= 11 is 0. The van der Waals surface area contributed by atoms with Crippen molar-refractivity contribution in [1.29, 1.82) is 0 Å². The van der Waals surface area contributed by atoms with Crippen molar-refractivity contribution in [2.75, 3.05) is 13.2 Å². The average molecular weight is 921 g/mol. The highest BCUT2D eigenvalue weighted by Gasteiger charge is 2.19. The first-order chi connectivity index (χ1) is 32.5. The standard InChI is InChI=1S/C60H104O6/c1-4-7-10-13-16-19-22-25-26-27-28-29-30-31-32-33-34-36-38-41-44-47-50-53-59(62)65-56-57(55-64-58(61)52-49-46-43-40-37-24-21-18-15-12-9-6-3)66-60(63)54-51-48-45-42-39-35-23-20-17-14-11-8-5-2/h8,11,17-18,20-22,25,27-28,35,39,57H,4-7,9-10,12-16,19,23-24,26,29-34,36-38,40-56H2,1-3H3/b11-8-,20-17-,21-18-,25-22-,28-27-,39-35-. The molecule has 0 saturated carbocycles. The maximum Gasteiger partial charge on any atom is 0.306 e. The van der Waals surface area contributed by atoms with Crippen LogP contribution in [-0.4, -0.2) is 37.2 Å². The predicted octanol–water partition coefficient (Wildman–Crippen LogP) is 18.6. The zero-order valence-corrected chi connectivity index (χ0v) is 43.4. The molecule has 0 aromatic heterocycles. The van der Waals surface area contributed by atoms with Crippen molar-refractivity contribution < 1.29 is 28.6 Å². The van der Waals surface area contributed by atoms with E-state index in [0.29, 0.717) is 19.3 Å². The van der Waals surface area contributed by atoms with Gasteiger partial charge in [0.2, 0.25) is 0 Å². The number of hydrogen-bond acceptors (Lipinski definition) is 6. The van der Waals surface area contributed by atoms with E-state index in [4.69, 9.17) is 14.2 Å². The molecule has 0 radical (unpaired) electrons. The Balaban J connectivity index is 4.30. The molecule has 0 aromatic carbocycles. The third-order valence-electron chi connectivity index (χ3n) is 11.9. The largest absolute Gasteiger partial charge is 0.462 e. The minimum Gasteiger partial charge on any atom is -0.462 e. The van der Waals surface area contributed by atoms with E-state index >= 15 is 0 Å². The van der Waals surface area contributed by atoms with Crippen molar-refractivity contribution >= 4 is 17.9 Å². The Labute approximate surface area is 408 Å². The molecule has 0 heterocycles. The Morgan fingerprint density at radius 2 is 0.591 bits per heavy atom. The molecule has 0 N–H and O–H groups in total. The summed E-state index contributed by atoms with van der Waals surface area (Å²) in [5.74, 6) is -0.928. The molecule has 1 atom stereocenters. The van der Waals surface area contributed by atoms with Crippen molar-refractivity contribution in [1.82, 2.24) is 0 Å². The highest BCUT2D eigenvalue weighted by Crippen LogP contribution is 2.15. The summed E-state index contributed by atoms with van der Waals surface area (Å²) in [5, 5.41) is 0. The second-order valence-corrected chi connectivity index (χ2v) is 18.5. The molecule has 1 unspecified atom stereocenters. The van der Waals surface area contributed by atoms with Gasteiger partial charge in [-0.2, -0.15) is 0 Å². The number of ether oxygens (including phenoxy) is 3. The summed E-state index contributed by atoms with van der Waals surface area (Å²) in [4.78, 5) is 38.0. The SMILES string of the molecule is CC/C=C\C/C=C\C/C=C\CCCCCC(=O)OC(COC(=O)CCCCCCC/C=C\CCCCC)COC(=O)CCCCCCCCCCCCC/C=C\C/C=C\CCCCCCC. The summed E-state index contributed by atoms with van der Waals surface area (Å²) in [5.41, 5.74) is 0. The third-order valence-corrected chi connectivity index (χ3v) is 11.9. The van der Waals surface area contributed by atoms with Gasteiger partial charge in [0.1, 0.15) is 13.2 Å². The summed E-state index contributed by atoms with van der Waals surface area (Å²) in [6, 6.07) is 0. The molecule has 380 valence electrons. The Kier molecular flexibility index (Phi) is 51.9. The van der Waals surface area contributed by atoms with Gasteiger partial charge in [-0.05, 0) is 109 Å². The topological polar surface area (TPSA) is 78.9 Å². The Hall–Kier alpha value is -3.15. The number of carbonyl (C=O) groups is 3. The van der Waals surface area contributed by atoms with Crippen LogP contribution in [0.5, 0.6) is 0 Å². The lowest BCUT2D eigenvalue weighted by Gasteiger charge is -2.18. The number of unbranched alkanes of at least 4 members (excludes halogenated alkanes) is 27. The Bertz CT molecular complexity index is 1240. The quantitative estimate of drug-likeness (QED) is 0.0262. The molecule has 0 aromatic rings. The molecule has 0 saturated heterocycles. The smallest absolute Gasteiger partial charge is 0.306 e. The number of carbonyl (C=O) groups excluding carboxylic acids is 3. The molecular weight excluding hydrogens is 817 g/mol. The fourth-order valence-electron chi connectivity index (χ4n) is 7.72. The van der Waals surface area contributed by atoms with Gasteiger partial charge in [0.25, 0.3) is 0 Å². The van der Waals surface area contributed by atoms with Crippen LogP contribution in [0.4, 0.5) is 0 Å². The highest BCUT2D eigenvalue weighted by molar-refractivity contribution is 5.71. The molecule has 6 nitrogen and oxygen atoms in total. The minimum absolute atomic E-state index is 0.0906. The summed E-state index contributed by atoms with van der Waals surface area (Å²) in [6.45, 7) is 6.47. The molecule has 0 fully saturated rings. The van der Waals surface area contributed by atoms with Crippen LogP contribution in [0.1, 0.15) is 271 Å². The summed E-state index contributed by atoms with van der Waals surface area (Å²) < 4.78 is 16.8. The fraction of sp³-hybridized carbons (Fsp3) is 0.750. The van der Waals surface area contributed by atoms with Gasteiger partial charge in [0, 0.05) is 19.3 Å². The molecule has 0 aliphatic rings. The van der Waals surface area contributed by atoms with E-state index in [9.17, 15) is 14.4 Å². The zero-order chi connectivity index (χ0) is 47.9. The van der Waals surface area contributed by atoms with E-state index < -0.39 is 6.10 Å². The van der Waals surface area contributed by atoms with E-state index in [2.05, 4.69) is 93.7 Å². The van der Waals surface area contributed by atoms with Gasteiger partial charge in [0.15, 0.2) is 6.10 Å². The van der Waals surface area contributed by atoms with Crippen molar-refractivity contribution in [3.8, 4) is 0 Å². The first-order valence-electron chi connectivity index (χ1n) is 27.9. The van der Waals surface area contributed by atoms with Crippen LogP contribution in [0.3, 0.4) is 0 Å². The van der Waals surface area contributed by atoms with E-state index in [0.717, 1.165) is 96.3 Å². The van der Waals surface area contributed by atoms with E-state index in [1.54, 1.807) is 0 Å². The van der Waals surface area contributed by atoms with Gasteiger partial charge in [-0.25, -0.2) is 0 Å².